The number of hydrogen-bond acceptors (Lipinski definition) is 8. The van der Waals surface area contributed by atoms with Crippen LogP contribution in [0.4, 0.5) is 0 Å². The van der Waals surface area contributed by atoms with Gasteiger partial charge >= 0.3 is 0 Å². The van der Waals surface area contributed by atoms with E-state index in [1.54, 1.807) is 45.1 Å². The van der Waals surface area contributed by atoms with Crippen LogP contribution in [0.5, 0.6) is 17.4 Å². The SMILES string of the molecule is COCCN1CCCCC1.COc1cc(-c2ccc(C#N)cc2)c(-c2cnc3c(c2)OCCO3)n2cncc12. The Bertz CT molecular complexity index is 1440. The predicted octanol–water partition coefficient (Wildman–Crippen LogP) is 4.83. The highest BCUT2D eigenvalue weighted by Crippen LogP contribution is 2.40. The molecule has 1 fully saturated rings. The second kappa shape index (κ2) is 12.6. The zero-order chi connectivity index (χ0) is 27.0. The number of pyridine rings is 2. The van der Waals surface area contributed by atoms with Gasteiger partial charge in [0.25, 0.3) is 5.88 Å². The number of likely N-dealkylation sites (tertiary alicyclic amines) is 1. The highest BCUT2D eigenvalue weighted by atomic mass is 16.6. The molecular formula is C30H33N5O4. The lowest BCUT2D eigenvalue weighted by molar-refractivity contribution is 0.135. The molecule has 0 atom stereocenters. The van der Waals surface area contributed by atoms with Crippen molar-refractivity contribution in [2.75, 3.05) is 53.7 Å². The van der Waals surface area contributed by atoms with Crippen molar-refractivity contribution in [1.82, 2.24) is 19.3 Å². The molecule has 2 aliphatic rings. The number of hydrogen-bond donors (Lipinski definition) is 0. The summed E-state index contributed by atoms with van der Waals surface area (Å²) in [6, 6.07) is 13.5. The van der Waals surface area contributed by atoms with E-state index in [-0.39, 0.29) is 0 Å². The van der Waals surface area contributed by atoms with Crippen LogP contribution < -0.4 is 14.2 Å². The number of piperidine rings is 1. The van der Waals surface area contributed by atoms with Gasteiger partial charge in [0, 0.05) is 31.0 Å². The van der Waals surface area contributed by atoms with Crippen LogP contribution in [0.25, 0.3) is 27.9 Å². The fourth-order valence-corrected chi connectivity index (χ4v) is 4.93. The van der Waals surface area contributed by atoms with Gasteiger partial charge in [-0.05, 0) is 55.8 Å². The van der Waals surface area contributed by atoms with Crippen molar-refractivity contribution >= 4 is 5.52 Å². The van der Waals surface area contributed by atoms with Crippen LogP contribution in [-0.4, -0.2) is 72.9 Å². The van der Waals surface area contributed by atoms with Gasteiger partial charge in [-0.3, -0.25) is 4.40 Å². The number of aromatic nitrogens is 3. The lowest BCUT2D eigenvalue weighted by Crippen LogP contribution is -2.32. The maximum atomic E-state index is 9.12. The summed E-state index contributed by atoms with van der Waals surface area (Å²) in [5, 5.41) is 9.12. The van der Waals surface area contributed by atoms with E-state index < -0.39 is 0 Å². The quantitative estimate of drug-likeness (QED) is 0.352. The lowest BCUT2D eigenvalue weighted by atomic mass is 9.98. The number of rotatable bonds is 6. The van der Waals surface area contributed by atoms with Crippen LogP contribution in [0, 0.1) is 11.3 Å². The normalized spacial score (nSPS) is 14.8. The molecule has 0 bridgehead atoms. The number of nitrogens with zero attached hydrogens (tertiary/aromatic N) is 5. The van der Waals surface area contributed by atoms with Crippen LogP contribution in [0.3, 0.4) is 0 Å². The molecule has 4 aromatic rings. The molecule has 39 heavy (non-hydrogen) atoms. The molecule has 0 N–H and O–H groups in total. The van der Waals surface area contributed by atoms with Crippen LogP contribution in [-0.2, 0) is 4.74 Å². The number of methoxy groups -OCH3 is 2. The van der Waals surface area contributed by atoms with Crippen molar-refractivity contribution in [2.45, 2.75) is 19.3 Å². The molecule has 0 spiro atoms. The third kappa shape index (κ3) is 5.98. The first-order valence-corrected chi connectivity index (χ1v) is 13.2. The summed E-state index contributed by atoms with van der Waals surface area (Å²) < 4.78 is 23.9. The molecule has 9 nitrogen and oxygen atoms in total. The van der Waals surface area contributed by atoms with Gasteiger partial charge in [-0.2, -0.15) is 5.26 Å². The number of imidazole rings is 1. The summed E-state index contributed by atoms with van der Waals surface area (Å²) in [5.74, 6) is 1.81. The summed E-state index contributed by atoms with van der Waals surface area (Å²) in [4.78, 5) is 11.2. The molecule has 0 radical (unpaired) electrons. The Morgan fingerprint density at radius 1 is 0.974 bits per heavy atom. The van der Waals surface area contributed by atoms with E-state index in [0.717, 1.165) is 41.1 Å². The van der Waals surface area contributed by atoms with E-state index in [9.17, 15) is 0 Å². The highest BCUT2D eigenvalue weighted by Gasteiger charge is 2.20. The second-order valence-corrected chi connectivity index (χ2v) is 9.43. The Morgan fingerprint density at radius 2 is 1.77 bits per heavy atom. The van der Waals surface area contributed by atoms with Crippen LogP contribution in [0.1, 0.15) is 24.8 Å². The van der Waals surface area contributed by atoms with Gasteiger partial charge in [-0.25, -0.2) is 9.97 Å². The monoisotopic (exact) mass is 527 g/mol. The van der Waals surface area contributed by atoms with Gasteiger partial charge in [-0.15, -0.1) is 0 Å². The molecule has 6 rings (SSSR count). The van der Waals surface area contributed by atoms with Crippen LogP contribution in [0.15, 0.2) is 55.1 Å². The van der Waals surface area contributed by atoms with E-state index in [4.69, 9.17) is 24.2 Å². The van der Waals surface area contributed by atoms with E-state index in [2.05, 4.69) is 20.9 Å². The van der Waals surface area contributed by atoms with Gasteiger partial charge in [0.2, 0.25) is 0 Å². The number of nitriles is 1. The van der Waals surface area contributed by atoms with Crippen molar-refractivity contribution < 1.29 is 18.9 Å². The summed E-state index contributed by atoms with van der Waals surface area (Å²) in [5.41, 5.74) is 5.08. The Morgan fingerprint density at radius 3 is 2.51 bits per heavy atom. The standard InChI is InChI=1S/C22H16N4O3.C8H17NO/c1-27-19-9-17(15-4-2-14(10-23)3-5-15)21(26-13-24-12-18(19)26)16-8-20-22(25-11-16)29-7-6-28-20;1-10-8-7-9-5-3-2-4-6-9/h2-5,8-9,11-13H,6-7H2,1H3;2-8H2,1H3. The fourth-order valence-electron chi connectivity index (χ4n) is 4.93. The molecule has 9 heteroatoms. The minimum absolute atomic E-state index is 0.490. The van der Waals surface area contributed by atoms with Crippen molar-refractivity contribution in [3.63, 3.8) is 0 Å². The van der Waals surface area contributed by atoms with Gasteiger partial charge in [0.05, 0.1) is 43.6 Å². The lowest BCUT2D eigenvalue weighted by Gasteiger charge is -2.25. The van der Waals surface area contributed by atoms with E-state index in [1.165, 1.54) is 32.4 Å². The Kier molecular flexibility index (Phi) is 8.56. The largest absolute Gasteiger partial charge is 0.494 e. The Labute approximate surface area is 228 Å². The number of benzene rings is 1. The van der Waals surface area contributed by atoms with E-state index in [0.29, 0.717) is 36.2 Å². The summed E-state index contributed by atoms with van der Waals surface area (Å²) in [6.45, 7) is 5.55. The molecule has 202 valence electrons. The van der Waals surface area contributed by atoms with Gasteiger partial charge in [0.15, 0.2) is 5.75 Å². The summed E-state index contributed by atoms with van der Waals surface area (Å²) in [6.07, 6.45) is 9.45. The zero-order valence-electron chi connectivity index (χ0n) is 22.4. The van der Waals surface area contributed by atoms with Crippen molar-refractivity contribution in [3.05, 3.63) is 60.7 Å². The molecule has 0 saturated carbocycles. The molecule has 1 saturated heterocycles. The van der Waals surface area contributed by atoms with E-state index in [1.807, 2.05) is 28.7 Å². The smallest absolute Gasteiger partial charge is 0.257 e. The summed E-state index contributed by atoms with van der Waals surface area (Å²) >= 11 is 0. The fraction of sp³-hybridized carbons (Fsp3) is 0.367. The molecule has 0 unspecified atom stereocenters. The van der Waals surface area contributed by atoms with Crippen LogP contribution in [0.2, 0.25) is 0 Å². The molecule has 0 aliphatic carbocycles. The average Bonchev–Trinajstić information content (AvgIpc) is 3.50. The number of ether oxygens (including phenoxy) is 4. The topological polar surface area (TPSA) is 94.1 Å². The first-order valence-electron chi connectivity index (χ1n) is 13.2. The Hall–Kier alpha value is -4.13. The first kappa shape index (κ1) is 26.5. The number of fused-ring (bicyclic) bond motifs is 2. The molecule has 3 aromatic heterocycles. The van der Waals surface area contributed by atoms with Crippen molar-refractivity contribution in [1.29, 1.82) is 5.26 Å². The van der Waals surface area contributed by atoms with Crippen molar-refractivity contribution in [3.8, 4) is 45.8 Å². The first-order chi connectivity index (χ1) is 19.2. The molecule has 2 aliphatic heterocycles. The molecule has 5 heterocycles. The molecular weight excluding hydrogens is 494 g/mol. The second-order valence-electron chi connectivity index (χ2n) is 9.43. The van der Waals surface area contributed by atoms with Gasteiger partial charge in [0.1, 0.15) is 24.5 Å². The van der Waals surface area contributed by atoms with Gasteiger partial charge in [-0.1, -0.05) is 18.6 Å². The zero-order valence-corrected chi connectivity index (χ0v) is 22.4. The average molecular weight is 528 g/mol. The maximum absolute atomic E-state index is 9.12. The Balaban J connectivity index is 0.000000261. The highest BCUT2D eigenvalue weighted by molar-refractivity contribution is 5.86. The summed E-state index contributed by atoms with van der Waals surface area (Å²) in [7, 11) is 3.40. The van der Waals surface area contributed by atoms with Crippen molar-refractivity contribution in [2.24, 2.45) is 0 Å². The minimum Gasteiger partial charge on any atom is -0.494 e. The predicted molar refractivity (Wildman–Crippen MR) is 148 cm³/mol. The van der Waals surface area contributed by atoms with Crippen LogP contribution >= 0.6 is 0 Å². The third-order valence-electron chi connectivity index (χ3n) is 6.94. The molecule has 1 aromatic carbocycles. The third-order valence-corrected chi connectivity index (χ3v) is 6.94. The van der Waals surface area contributed by atoms with Gasteiger partial charge < -0.3 is 23.8 Å². The minimum atomic E-state index is 0.490. The van der Waals surface area contributed by atoms with E-state index >= 15 is 0 Å². The molecule has 0 amide bonds. The maximum Gasteiger partial charge on any atom is 0.257 e.